The van der Waals surface area contributed by atoms with E-state index in [0.29, 0.717) is 0 Å². The van der Waals surface area contributed by atoms with Gasteiger partial charge in [0.15, 0.2) is 0 Å². The molecular weight excluding hydrogens is 234 g/mol. The van der Waals surface area contributed by atoms with Gasteiger partial charge in [0.1, 0.15) is 0 Å². The highest BCUT2D eigenvalue weighted by Gasteiger charge is 2.23. The predicted octanol–water partition coefficient (Wildman–Crippen LogP) is -0.509. The Bertz CT molecular complexity index is 297. The molecule has 0 fully saturated rings. The van der Waals surface area contributed by atoms with E-state index in [1.807, 2.05) is 0 Å². The van der Waals surface area contributed by atoms with E-state index in [2.05, 4.69) is 8.37 Å². The first-order valence-electron chi connectivity index (χ1n) is 2.69. The molecule has 0 rings (SSSR count). The van der Waals surface area contributed by atoms with Gasteiger partial charge in [0, 0.05) is 0 Å². The van der Waals surface area contributed by atoms with E-state index < -0.39 is 39.0 Å². The van der Waals surface area contributed by atoms with Crippen LogP contribution in [0.2, 0.25) is 0 Å². The second-order valence-corrected chi connectivity index (χ2v) is 5.33. The van der Waals surface area contributed by atoms with Gasteiger partial charge in [-0.3, -0.25) is 0 Å². The smallest absolute Gasteiger partial charge is 0.235 e. The number of rotatable bonds is 6. The molecule has 0 aliphatic rings. The largest absolute Gasteiger partial charge is 0.286 e. The zero-order chi connectivity index (χ0) is 10.5. The lowest BCUT2D eigenvalue weighted by atomic mass is 11.6. The number of halogens is 2. The summed E-state index contributed by atoms with van der Waals surface area (Å²) in [4.78, 5) is 0. The van der Waals surface area contributed by atoms with Gasteiger partial charge < -0.3 is 0 Å². The molecule has 80 valence electrons. The molecule has 13 heavy (non-hydrogen) atoms. The highest BCUT2D eigenvalue weighted by molar-refractivity contribution is 8.03. The Kier molecular flexibility index (Phi) is 4.67. The molecule has 0 radical (unpaired) electrons. The van der Waals surface area contributed by atoms with Crippen molar-refractivity contribution in [3.8, 4) is 0 Å². The Hall–Kier alpha value is -0.320. The standard InChI is InChI=1S/C3H6F2O6S2/c4-1-10-12(6,7)3-13(8,9)11-2-5/h1-3H2. The van der Waals surface area contributed by atoms with E-state index in [0.717, 1.165) is 0 Å². The van der Waals surface area contributed by atoms with Gasteiger partial charge in [-0.05, 0) is 0 Å². The SMILES string of the molecule is O=S(=O)(CS(=O)(=O)OCF)OCF. The van der Waals surface area contributed by atoms with Crippen LogP contribution in [0.5, 0.6) is 0 Å². The van der Waals surface area contributed by atoms with Gasteiger partial charge in [-0.25, -0.2) is 17.1 Å². The minimum Gasteiger partial charge on any atom is -0.235 e. The fourth-order valence-corrected chi connectivity index (χ4v) is 2.61. The summed E-state index contributed by atoms with van der Waals surface area (Å²) in [5, 5.41) is -1.62. The van der Waals surface area contributed by atoms with E-state index in [4.69, 9.17) is 0 Å². The molecule has 0 unspecified atom stereocenters. The van der Waals surface area contributed by atoms with Crippen molar-refractivity contribution in [3.05, 3.63) is 0 Å². The lowest BCUT2D eigenvalue weighted by Crippen LogP contribution is -2.20. The fourth-order valence-electron chi connectivity index (χ4n) is 0.381. The molecule has 0 aromatic heterocycles. The van der Waals surface area contributed by atoms with Crippen LogP contribution in [-0.4, -0.2) is 35.6 Å². The van der Waals surface area contributed by atoms with Crippen LogP contribution in [0.1, 0.15) is 0 Å². The highest BCUT2D eigenvalue weighted by Crippen LogP contribution is 2.02. The van der Waals surface area contributed by atoms with E-state index in [9.17, 15) is 25.6 Å². The summed E-state index contributed by atoms with van der Waals surface area (Å²) < 4.78 is 71.5. The second kappa shape index (κ2) is 4.79. The zero-order valence-corrected chi connectivity index (χ0v) is 7.78. The van der Waals surface area contributed by atoms with Crippen LogP contribution in [0.15, 0.2) is 0 Å². The van der Waals surface area contributed by atoms with Crippen LogP contribution in [-0.2, 0) is 28.6 Å². The average Bonchev–Trinajstić information content (AvgIpc) is 1.82. The molecule has 6 nitrogen and oxygen atoms in total. The van der Waals surface area contributed by atoms with Crippen LogP contribution in [0.25, 0.3) is 0 Å². The first kappa shape index (κ1) is 12.7. The maximum atomic E-state index is 11.3. The molecule has 0 saturated heterocycles. The van der Waals surface area contributed by atoms with Crippen LogP contribution >= 0.6 is 0 Å². The quantitative estimate of drug-likeness (QED) is 0.581. The molecule has 0 saturated carbocycles. The summed E-state index contributed by atoms with van der Waals surface area (Å²) in [5.41, 5.74) is 0. The molecule has 0 N–H and O–H groups in total. The minimum atomic E-state index is -4.57. The van der Waals surface area contributed by atoms with Crippen molar-refractivity contribution >= 4 is 20.2 Å². The van der Waals surface area contributed by atoms with Crippen LogP contribution in [0.3, 0.4) is 0 Å². The van der Waals surface area contributed by atoms with Gasteiger partial charge in [-0.15, -0.1) is 0 Å². The topological polar surface area (TPSA) is 86.7 Å². The minimum absolute atomic E-state index is 1.62. The van der Waals surface area contributed by atoms with Crippen molar-refractivity contribution in [3.63, 3.8) is 0 Å². The van der Waals surface area contributed by atoms with Crippen molar-refractivity contribution < 1.29 is 34.0 Å². The molecule has 0 bridgehead atoms. The van der Waals surface area contributed by atoms with Gasteiger partial charge in [0.05, 0.1) is 0 Å². The van der Waals surface area contributed by atoms with E-state index in [1.165, 1.54) is 0 Å². The van der Waals surface area contributed by atoms with Crippen molar-refractivity contribution in [1.82, 2.24) is 0 Å². The molecule has 10 heteroatoms. The maximum Gasteiger partial charge on any atom is 0.286 e. The Labute approximate surface area is 73.7 Å². The lowest BCUT2D eigenvalue weighted by molar-refractivity contribution is 0.194. The summed E-state index contributed by atoms with van der Waals surface area (Å²) in [7, 11) is -9.13. The Balaban J connectivity index is 4.44. The van der Waals surface area contributed by atoms with E-state index in [1.54, 1.807) is 0 Å². The third-order valence-electron chi connectivity index (χ3n) is 0.737. The van der Waals surface area contributed by atoms with E-state index >= 15 is 0 Å². The summed E-state index contributed by atoms with van der Waals surface area (Å²) in [6, 6.07) is 0. The van der Waals surface area contributed by atoms with Crippen LogP contribution < -0.4 is 0 Å². The molecule has 0 atom stereocenters. The Morgan fingerprint density at radius 1 is 0.846 bits per heavy atom. The summed E-state index contributed by atoms with van der Waals surface area (Å²) >= 11 is 0. The molecular formula is C3H6F2O6S2. The highest BCUT2D eigenvalue weighted by atomic mass is 32.3. The summed E-state index contributed by atoms with van der Waals surface area (Å²) in [6.07, 6.45) is 0. The molecule has 0 aromatic rings. The monoisotopic (exact) mass is 240 g/mol. The van der Waals surface area contributed by atoms with Gasteiger partial charge in [-0.2, -0.15) is 16.8 Å². The zero-order valence-electron chi connectivity index (χ0n) is 6.14. The third kappa shape index (κ3) is 5.85. The summed E-state index contributed by atoms with van der Waals surface area (Å²) in [6.45, 7) is -3.37. The molecule has 0 aliphatic carbocycles. The Morgan fingerprint density at radius 2 is 1.15 bits per heavy atom. The average molecular weight is 240 g/mol. The molecule has 0 aliphatic heterocycles. The number of hydrogen-bond donors (Lipinski definition) is 0. The number of alkyl halides is 2. The first-order valence-corrected chi connectivity index (χ1v) is 5.84. The maximum absolute atomic E-state index is 11.3. The summed E-state index contributed by atoms with van der Waals surface area (Å²) in [5.74, 6) is 0. The van der Waals surface area contributed by atoms with Crippen molar-refractivity contribution in [1.29, 1.82) is 0 Å². The van der Waals surface area contributed by atoms with E-state index in [-0.39, 0.29) is 0 Å². The third-order valence-corrected chi connectivity index (χ3v) is 3.94. The molecule has 0 aromatic carbocycles. The normalized spacial score (nSPS) is 13.1. The predicted molar refractivity (Wildman–Crippen MR) is 36.8 cm³/mol. The molecule has 0 spiro atoms. The first-order chi connectivity index (χ1) is 5.83. The number of hydrogen-bond acceptors (Lipinski definition) is 6. The fraction of sp³-hybridized carbons (Fsp3) is 1.00. The second-order valence-electron chi connectivity index (χ2n) is 1.69. The molecule has 0 amide bonds. The van der Waals surface area contributed by atoms with Crippen molar-refractivity contribution in [2.24, 2.45) is 0 Å². The van der Waals surface area contributed by atoms with Crippen molar-refractivity contribution in [2.75, 3.05) is 18.8 Å². The van der Waals surface area contributed by atoms with Crippen LogP contribution in [0, 0.1) is 0 Å². The molecule has 0 heterocycles. The van der Waals surface area contributed by atoms with Gasteiger partial charge >= 0.3 is 0 Å². The van der Waals surface area contributed by atoms with Crippen LogP contribution in [0.4, 0.5) is 8.78 Å². The lowest BCUT2D eigenvalue weighted by Gasteiger charge is -2.01. The Morgan fingerprint density at radius 3 is 1.38 bits per heavy atom. The van der Waals surface area contributed by atoms with Gasteiger partial charge in [0.25, 0.3) is 20.2 Å². The van der Waals surface area contributed by atoms with Gasteiger partial charge in [-0.1, -0.05) is 0 Å². The van der Waals surface area contributed by atoms with Gasteiger partial charge in [0.2, 0.25) is 18.8 Å². The van der Waals surface area contributed by atoms with Crippen molar-refractivity contribution in [2.45, 2.75) is 0 Å².